The van der Waals surface area contributed by atoms with Crippen LogP contribution in [0.3, 0.4) is 0 Å². The maximum Gasteiger partial charge on any atom is 0.227 e. The Labute approximate surface area is 215 Å². The van der Waals surface area contributed by atoms with Gasteiger partial charge in [0.05, 0.1) is 22.9 Å². The molecule has 4 N–H and O–H groups in total. The molecule has 9 nitrogen and oxygen atoms in total. The number of nitrogens with one attached hydrogen (secondary N) is 4. The molecule has 0 aliphatic heterocycles. The quantitative estimate of drug-likeness (QED) is 0.156. The number of rotatable bonds is 7. The molecule has 1 aliphatic rings. The highest BCUT2D eigenvalue weighted by atomic mass is 35.5. The van der Waals surface area contributed by atoms with Crippen molar-refractivity contribution in [1.29, 1.82) is 0 Å². The maximum atomic E-state index is 12.0. The minimum absolute atomic E-state index is 0.0840. The fourth-order valence-corrected chi connectivity index (χ4v) is 4.75. The van der Waals surface area contributed by atoms with Crippen LogP contribution in [-0.4, -0.2) is 36.0 Å². The number of fused-ring (bicyclic) bond motifs is 1. The molecule has 180 valence electrons. The Kier molecular flexibility index (Phi) is 5.82. The maximum absolute atomic E-state index is 12.0. The highest BCUT2D eigenvalue weighted by Gasteiger charge is 2.29. The van der Waals surface area contributed by atoms with E-state index in [0.29, 0.717) is 33.3 Å². The number of carbonyl (C=O) groups is 1. The van der Waals surface area contributed by atoms with Crippen LogP contribution in [0, 0.1) is 12.8 Å². The number of benzene rings is 2. The number of imidazole rings is 1. The second-order valence-corrected chi connectivity index (χ2v) is 10.1. The molecular weight excluding hydrogens is 496 g/mol. The third-order valence-corrected chi connectivity index (χ3v) is 6.80. The van der Waals surface area contributed by atoms with Crippen LogP contribution in [0.5, 0.6) is 0 Å². The molecule has 3 aromatic heterocycles. The molecule has 1 fully saturated rings. The van der Waals surface area contributed by atoms with Gasteiger partial charge < -0.3 is 15.6 Å². The number of carbonyl (C=O) groups excluding carboxylic acids is 1. The first-order valence-electron chi connectivity index (χ1n) is 11.4. The van der Waals surface area contributed by atoms with Gasteiger partial charge in [-0.3, -0.25) is 9.89 Å². The van der Waals surface area contributed by atoms with Gasteiger partial charge in [-0.2, -0.15) is 5.10 Å². The molecule has 6 rings (SSSR count). The summed E-state index contributed by atoms with van der Waals surface area (Å²) in [6.45, 7) is 2.04. The normalized spacial score (nSPS) is 13.2. The summed E-state index contributed by atoms with van der Waals surface area (Å²) in [6, 6.07) is 15.3. The summed E-state index contributed by atoms with van der Waals surface area (Å²) in [4.78, 5) is 29.8. The molecule has 0 radical (unpaired) electrons. The molecule has 1 saturated carbocycles. The summed E-state index contributed by atoms with van der Waals surface area (Å²) in [5, 5.41) is 14.2. The van der Waals surface area contributed by atoms with Crippen LogP contribution >= 0.6 is 23.4 Å². The first kappa shape index (κ1) is 22.6. The summed E-state index contributed by atoms with van der Waals surface area (Å²) in [5.74, 6) is 1.44. The predicted molar refractivity (Wildman–Crippen MR) is 141 cm³/mol. The van der Waals surface area contributed by atoms with Crippen LogP contribution < -0.4 is 10.6 Å². The molecule has 11 heteroatoms. The van der Waals surface area contributed by atoms with Gasteiger partial charge in [0, 0.05) is 22.6 Å². The number of aryl methyl sites for hydroxylation is 1. The van der Waals surface area contributed by atoms with Crippen LogP contribution in [0.2, 0.25) is 5.15 Å². The SMILES string of the molecule is Cc1ccc2nc(-c3[nH]ncc3Nc3cc(Cl)nc(Sc4ccc(NC(=O)C5CC5)cc4)n3)[nH]c2c1. The number of hydrogen-bond donors (Lipinski definition) is 4. The highest BCUT2D eigenvalue weighted by Crippen LogP contribution is 2.33. The lowest BCUT2D eigenvalue weighted by atomic mass is 10.2. The summed E-state index contributed by atoms with van der Waals surface area (Å²) in [6.07, 6.45) is 3.62. The number of aromatic nitrogens is 6. The molecule has 0 atom stereocenters. The molecule has 1 aliphatic carbocycles. The number of aromatic amines is 2. The summed E-state index contributed by atoms with van der Waals surface area (Å²) < 4.78 is 0. The number of nitrogens with zero attached hydrogens (tertiary/aromatic N) is 4. The van der Waals surface area contributed by atoms with Crippen molar-refractivity contribution >= 4 is 57.5 Å². The molecule has 0 bridgehead atoms. The average molecular weight is 517 g/mol. The predicted octanol–water partition coefficient (Wildman–Crippen LogP) is 5.95. The second kappa shape index (κ2) is 9.29. The van der Waals surface area contributed by atoms with E-state index in [1.807, 2.05) is 43.3 Å². The van der Waals surface area contributed by atoms with Gasteiger partial charge in [-0.05, 0) is 73.5 Å². The largest absolute Gasteiger partial charge is 0.337 e. The lowest BCUT2D eigenvalue weighted by molar-refractivity contribution is -0.117. The summed E-state index contributed by atoms with van der Waals surface area (Å²) in [7, 11) is 0. The lowest BCUT2D eigenvalue weighted by Crippen LogP contribution is -2.12. The van der Waals surface area contributed by atoms with Crippen molar-refractivity contribution < 1.29 is 4.79 Å². The van der Waals surface area contributed by atoms with Gasteiger partial charge in [-0.1, -0.05) is 17.7 Å². The lowest BCUT2D eigenvalue weighted by Gasteiger charge is -2.08. The fourth-order valence-electron chi connectivity index (χ4n) is 3.75. The van der Waals surface area contributed by atoms with E-state index >= 15 is 0 Å². The fraction of sp³-hybridized carbons (Fsp3) is 0.160. The Hall–Kier alpha value is -3.89. The van der Waals surface area contributed by atoms with E-state index in [1.54, 1.807) is 12.3 Å². The Morgan fingerprint density at radius 3 is 2.72 bits per heavy atom. The molecule has 36 heavy (non-hydrogen) atoms. The minimum atomic E-state index is 0.0840. The van der Waals surface area contributed by atoms with Gasteiger partial charge >= 0.3 is 0 Å². The van der Waals surface area contributed by atoms with E-state index in [4.69, 9.17) is 11.6 Å². The standard InChI is InChI=1S/C25H21ClN8OS/c1-13-2-9-17-18(10-13)31-23(30-17)22-19(12-27-34-22)29-21-11-20(26)32-25(33-21)36-16-7-5-15(6-8-16)28-24(35)14-3-4-14/h2,5-12,14H,3-4H2,1H3,(H,27,34)(H,28,35)(H,30,31)(H,29,32,33). The van der Waals surface area contributed by atoms with Gasteiger partial charge in [0.1, 0.15) is 16.7 Å². The Morgan fingerprint density at radius 2 is 1.92 bits per heavy atom. The van der Waals surface area contributed by atoms with Gasteiger partial charge in [-0.15, -0.1) is 0 Å². The van der Waals surface area contributed by atoms with Crippen molar-refractivity contribution in [3.63, 3.8) is 0 Å². The van der Waals surface area contributed by atoms with Crippen molar-refractivity contribution in [2.24, 2.45) is 5.92 Å². The Morgan fingerprint density at radius 1 is 1.08 bits per heavy atom. The van der Waals surface area contributed by atoms with Crippen molar-refractivity contribution in [3.8, 4) is 11.5 Å². The smallest absolute Gasteiger partial charge is 0.227 e. The number of halogens is 1. The van der Waals surface area contributed by atoms with Crippen molar-refractivity contribution in [2.45, 2.75) is 29.8 Å². The topological polar surface area (TPSA) is 124 Å². The van der Waals surface area contributed by atoms with Gasteiger partial charge in [0.2, 0.25) is 5.91 Å². The van der Waals surface area contributed by atoms with Crippen molar-refractivity contribution in [3.05, 3.63) is 65.4 Å². The number of hydrogen-bond acceptors (Lipinski definition) is 7. The first-order valence-corrected chi connectivity index (χ1v) is 12.6. The zero-order valence-electron chi connectivity index (χ0n) is 19.2. The zero-order valence-corrected chi connectivity index (χ0v) is 20.7. The Balaban J connectivity index is 1.19. The number of anilines is 3. The second-order valence-electron chi connectivity index (χ2n) is 8.64. The van der Waals surface area contributed by atoms with Gasteiger partial charge in [-0.25, -0.2) is 15.0 Å². The summed E-state index contributed by atoms with van der Waals surface area (Å²) in [5.41, 5.74) is 5.16. The van der Waals surface area contributed by atoms with Crippen LogP contribution in [0.4, 0.5) is 17.2 Å². The van der Waals surface area contributed by atoms with Crippen LogP contribution in [-0.2, 0) is 4.79 Å². The van der Waals surface area contributed by atoms with Gasteiger partial charge in [0.25, 0.3) is 0 Å². The molecular formula is C25H21ClN8OS. The molecule has 0 unspecified atom stereocenters. The number of H-pyrrole nitrogens is 2. The number of amides is 1. The van der Waals surface area contributed by atoms with Crippen molar-refractivity contribution in [1.82, 2.24) is 30.1 Å². The van der Waals surface area contributed by atoms with Crippen LogP contribution in [0.1, 0.15) is 18.4 Å². The molecule has 3 heterocycles. The third-order valence-electron chi connectivity index (χ3n) is 5.73. The minimum Gasteiger partial charge on any atom is -0.337 e. The monoisotopic (exact) mass is 516 g/mol. The van der Waals surface area contributed by atoms with E-state index in [0.717, 1.165) is 40.0 Å². The highest BCUT2D eigenvalue weighted by molar-refractivity contribution is 7.99. The summed E-state index contributed by atoms with van der Waals surface area (Å²) >= 11 is 7.68. The van der Waals surface area contributed by atoms with Crippen LogP contribution in [0.25, 0.3) is 22.6 Å². The van der Waals surface area contributed by atoms with Crippen molar-refractivity contribution in [2.75, 3.05) is 10.6 Å². The third kappa shape index (κ3) is 4.91. The first-order chi connectivity index (χ1) is 17.5. The molecule has 0 saturated heterocycles. The van der Waals surface area contributed by atoms with Gasteiger partial charge in [0.15, 0.2) is 11.0 Å². The molecule has 2 aromatic carbocycles. The molecule has 0 spiro atoms. The zero-order chi connectivity index (χ0) is 24.6. The van der Waals surface area contributed by atoms with E-state index in [2.05, 4.69) is 46.8 Å². The van der Waals surface area contributed by atoms with Crippen LogP contribution in [0.15, 0.2) is 64.8 Å². The van der Waals surface area contributed by atoms with E-state index in [1.165, 1.54) is 11.8 Å². The Bertz CT molecular complexity index is 1580. The van der Waals surface area contributed by atoms with E-state index in [9.17, 15) is 4.79 Å². The molecule has 5 aromatic rings. The molecule has 1 amide bonds. The average Bonchev–Trinajstić information content (AvgIpc) is 3.47. The van der Waals surface area contributed by atoms with E-state index < -0.39 is 0 Å². The van der Waals surface area contributed by atoms with E-state index in [-0.39, 0.29) is 11.8 Å².